The van der Waals surface area contributed by atoms with Crippen molar-refractivity contribution in [3.63, 3.8) is 0 Å². The van der Waals surface area contributed by atoms with Gasteiger partial charge < -0.3 is 10.1 Å². The molecule has 0 bridgehead atoms. The molecular weight excluding hydrogens is 198 g/mol. The average Bonchev–Trinajstić information content (AvgIpc) is 2.24. The van der Waals surface area contributed by atoms with Crippen LogP contribution in [0.25, 0.3) is 0 Å². The third-order valence-electron chi connectivity index (χ3n) is 3.13. The van der Waals surface area contributed by atoms with Crippen LogP contribution >= 0.6 is 0 Å². The smallest absolute Gasteiger partial charge is 0.0469 e. The topological polar surface area (TPSA) is 21.3 Å². The molecule has 0 aromatic rings. The van der Waals surface area contributed by atoms with Gasteiger partial charge in [0.05, 0.1) is 0 Å². The molecule has 98 valence electrons. The van der Waals surface area contributed by atoms with Crippen molar-refractivity contribution in [3.8, 4) is 0 Å². The first-order chi connectivity index (χ1) is 7.57. The number of nitrogens with one attached hydrogen (secondary N) is 1. The van der Waals surface area contributed by atoms with Crippen molar-refractivity contribution < 1.29 is 4.74 Å². The van der Waals surface area contributed by atoms with Crippen molar-refractivity contribution in [2.75, 3.05) is 19.8 Å². The number of hydrogen-bond donors (Lipinski definition) is 1. The van der Waals surface area contributed by atoms with E-state index in [1.807, 2.05) is 0 Å². The minimum atomic E-state index is 0.605. The highest BCUT2D eigenvalue weighted by Crippen LogP contribution is 2.08. The van der Waals surface area contributed by atoms with Crippen LogP contribution < -0.4 is 5.32 Å². The molecule has 16 heavy (non-hydrogen) atoms. The molecule has 0 radical (unpaired) electrons. The number of hydrogen-bond acceptors (Lipinski definition) is 2. The number of ether oxygens (including phenoxy) is 1. The third-order valence-corrected chi connectivity index (χ3v) is 3.13. The zero-order chi connectivity index (χ0) is 12.4. The molecule has 0 aliphatic rings. The van der Waals surface area contributed by atoms with Crippen LogP contribution in [-0.4, -0.2) is 25.8 Å². The molecule has 0 fully saturated rings. The highest BCUT2D eigenvalue weighted by molar-refractivity contribution is 4.67. The molecule has 2 heteroatoms. The van der Waals surface area contributed by atoms with Crippen molar-refractivity contribution in [2.45, 2.75) is 59.9 Å². The summed E-state index contributed by atoms with van der Waals surface area (Å²) in [7, 11) is 0. The van der Waals surface area contributed by atoms with Gasteiger partial charge in [-0.15, -0.1) is 0 Å². The van der Waals surface area contributed by atoms with Crippen molar-refractivity contribution in [1.29, 1.82) is 0 Å². The van der Waals surface area contributed by atoms with Crippen LogP contribution in [-0.2, 0) is 4.74 Å². The Balaban J connectivity index is 3.38. The summed E-state index contributed by atoms with van der Waals surface area (Å²) in [4.78, 5) is 0. The Bertz CT molecular complexity index is 148. The molecule has 0 aromatic carbocycles. The minimum Gasteiger partial charge on any atom is -0.381 e. The fraction of sp³-hybridized carbons (Fsp3) is 1.00. The van der Waals surface area contributed by atoms with E-state index in [-0.39, 0.29) is 0 Å². The maximum Gasteiger partial charge on any atom is 0.0469 e. The molecule has 2 nitrogen and oxygen atoms in total. The van der Waals surface area contributed by atoms with Gasteiger partial charge >= 0.3 is 0 Å². The molecule has 0 aliphatic carbocycles. The van der Waals surface area contributed by atoms with Crippen LogP contribution in [0, 0.1) is 11.8 Å². The second-order valence-corrected chi connectivity index (χ2v) is 5.30. The Morgan fingerprint density at radius 2 is 1.62 bits per heavy atom. The Labute approximate surface area is 102 Å². The van der Waals surface area contributed by atoms with E-state index in [0.29, 0.717) is 12.0 Å². The van der Waals surface area contributed by atoms with E-state index >= 15 is 0 Å². The van der Waals surface area contributed by atoms with E-state index < -0.39 is 0 Å². The zero-order valence-corrected chi connectivity index (χ0v) is 11.9. The first-order valence-electron chi connectivity index (χ1n) is 6.89. The summed E-state index contributed by atoms with van der Waals surface area (Å²) in [6, 6.07) is 0.605. The summed E-state index contributed by atoms with van der Waals surface area (Å²) in [5, 5.41) is 3.54. The first-order valence-corrected chi connectivity index (χ1v) is 6.89. The van der Waals surface area contributed by atoms with Gasteiger partial charge in [-0.05, 0) is 44.6 Å². The lowest BCUT2D eigenvalue weighted by Crippen LogP contribution is -2.33. The summed E-state index contributed by atoms with van der Waals surface area (Å²) in [6.07, 6.45) is 3.55. The van der Waals surface area contributed by atoms with Gasteiger partial charge in [-0.1, -0.05) is 27.7 Å². The van der Waals surface area contributed by atoms with E-state index in [4.69, 9.17) is 4.74 Å². The lowest BCUT2D eigenvalue weighted by Gasteiger charge is -2.21. The minimum absolute atomic E-state index is 0.605. The highest BCUT2D eigenvalue weighted by Gasteiger charge is 2.10. The maximum atomic E-state index is 5.64. The first kappa shape index (κ1) is 15.9. The molecule has 0 spiro atoms. The van der Waals surface area contributed by atoms with E-state index in [1.54, 1.807) is 0 Å². The van der Waals surface area contributed by atoms with Gasteiger partial charge in [0.15, 0.2) is 0 Å². The molecule has 0 saturated carbocycles. The van der Waals surface area contributed by atoms with Crippen molar-refractivity contribution in [2.24, 2.45) is 11.8 Å². The van der Waals surface area contributed by atoms with Gasteiger partial charge in [-0.3, -0.25) is 0 Å². The predicted molar refractivity (Wildman–Crippen MR) is 71.8 cm³/mol. The lowest BCUT2D eigenvalue weighted by molar-refractivity contribution is 0.108. The van der Waals surface area contributed by atoms with Crippen LogP contribution in [0.4, 0.5) is 0 Å². The van der Waals surface area contributed by atoms with Crippen molar-refractivity contribution in [3.05, 3.63) is 0 Å². The van der Waals surface area contributed by atoms with Gasteiger partial charge in [0.1, 0.15) is 0 Å². The molecule has 0 rings (SSSR count). The molecule has 0 saturated heterocycles. The Morgan fingerprint density at radius 1 is 1.00 bits per heavy atom. The SMILES string of the molecule is CCCNC(C)C(C)CCOCCC(C)C. The molecule has 2 atom stereocenters. The van der Waals surface area contributed by atoms with E-state index in [1.165, 1.54) is 12.8 Å². The van der Waals surface area contributed by atoms with Crippen LogP contribution in [0.2, 0.25) is 0 Å². The summed E-state index contributed by atoms with van der Waals surface area (Å²) in [6.45, 7) is 14.2. The second kappa shape index (κ2) is 10.1. The average molecular weight is 229 g/mol. The predicted octanol–water partition coefficient (Wildman–Crippen LogP) is 3.46. The third kappa shape index (κ3) is 9.17. The van der Waals surface area contributed by atoms with E-state index in [0.717, 1.165) is 32.1 Å². The molecular formula is C14H31NO. The molecule has 0 aromatic heterocycles. The standard InChI is InChI=1S/C14H31NO/c1-6-9-15-14(5)13(4)8-11-16-10-7-12(2)3/h12-15H,6-11H2,1-5H3. The van der Waals surface area contributed by atoms with Crippen LogP contribution in [0.3, 0.4) is 0 Å². The fourth-order valence-corrected chi connectivity index (χ4v) is 1.51. The highest BCUT2D eigenvalue weighted by atomic mass is 16.5. The van der Waals surface area contributed by atoms with Crippen LogP contribution in [0.1, 0.15) is 53.9 Å². The monoisotopic (exact) mass is 229 g/mol. The zero-order valence-electron chi connectivity index (χ0n) is 11.9. The van der Waals surface area contributed by atoms with Gasteiger partial charge in [0.2, 0.25) is 0 Å². The van der Waals surface area contributed by atoms with E-state index in [2.05, 4.69) is 39.9 Å². The number of rotatable bonds is 10. The van der Waals surface area contributed by atoms with E-state index in [9.17, 15) is 0 Å². The Kier molecular flexibility index (Phi) is 10.0. The molecule has 0 heterocycles. The molecule has 0 aliphatic heterocycles. The largest absolute Gasteiger partial charge is 0.381 e. The lowest BCUT2D eigenvalue weighted by atomic mass is 10.0. The van der Waals surface area contributed by atoms with Gasteiger partial charge in [0, 0.05) is 19.3 Å². The summed E-state index contributed by atoms with van der Waals surface area (Å²) in [5.41, 5.74) is 0. The second-order valence-electron chi connectivity index (χ2n) is 5.30. The van der Waals surface area contributed by atoms with Gasteiger partial charge in [-0.2, -0.15) is 0 Å². The normalized spacial score (nSPS) is 15.4. The van der Waals surface area contributed by atoms with Crippen LogP contribution in [0.5, 0.6) is 0 Å². The molecule has 2 unspecified atom stereocenters. The van der Waals surface area contributed by atoms with Crippen LogP contribution in [0.15, 0.2) is 0 Å². The quantitative estimate of drug-likeness (QED) is 0.579. The van der Waals surface area contributed by atoms with Gasteiger partial charge in [0.25, 0.3) is 0 Å². The fourth-order valence-electron chi connectivity index (χ4n) is 1.51. The maximum absolute atomic E-state index is 5.64. The van der Waals surface area contributed by atoms with Crippen molar-refractivity contribution in [1.82, 2.24) is 5.32 Å². The Hall–Kier alpha value is -0.0800. The summed E-state index contributed by atoms with van der Waals surface area (Å²) in [5.74, 6) is 1.45. The molecule has 1 N–H and O–H groups in total. The summed E-state index contributed by atoms with van der Waals surface area (Å²) < 4.78 is 5.64. The molecule has 0 amide bonds. The Morgan fingerprint density at radius 3 is 2.19 bits per heavy atom. The summed E-state index contributed by atoms with van der Waals surface area (Å²) >= 11 is 0. The van der Waals surface area contributed by atoms with Crippen molar-refractivity contribution >= 4 is 0 Å². The van der Waals surface area contributed by atoms with Gasteiger partial charge in [-0.25, -0.2) is 0 Å².